The highest BCUT2D eigenvalue weighted by molar-refractivity contribution is 8.00. The Balaban J connectivity index is 1.80. The van der Waals surface area contributed by atoms with Crippen LogP contribution in [0.1, 0.15) is 13.3 Å². The van der Waals surface area contributed by atoms with Gasteiger partial charge in [-0.3, -0.25) is 9.59 Å². The van der Waals surface area contributed by atoms with Gasteiger partial charge >= 0.3 is 0 Å². The summed E-state index contributed by atoms with van der Waals surface area (Å²) in [5.41, 5.74) is 1.12. The molecule has 6 heteroatoms. The molecular weight excluding hydrogens is 327 g/mol. The van der Waals surface area contributed by atoms with Gasteiger partial charge in [-0.2, -0.15) is 0 Å². The second kappa shape index (κ2) is 7.05. The molecule has 1 N–H and O–H groups in total. The number of hydrogen-bond acceptors (Lipinski definition) is 3. The number of fused-ring (bicyclic) bond motifs is 1. The summed E-state index contributed by atoms with van der Waals surface area (Å²) in [5, 5.41) is 2.78. The van der Waals surface area contributed by atoms with Gasteiger partial charge in [0.15, 0.2) is 0 Å². The summed E-state index contributed by atoms with van der Waals surface area (Å²) in [4.78, 5) is 27.3. The average molecular weight is 344 g/mol. The van der Waals surface area contributed by atoms with Crippen molar-refractivity contribution in [3.8, 4) is 0 Å². The first-order valence-electron chi connectivity index (χ1n) is 7.64. The van der Waals surface area contributed by atoms with Crippen molar-refractivity contribution >= 4 is 35.0 Å². The summed E-state index contributed by atoms with van der Waals surface area (Å²) in [6.07, 6.45) is 0.368. The fourth-order valence-electron chi connectivity index (χ4n) is 2.61. The van der Waals surface area contributed by atoms with Gasteiger partial charge in [-0.25, -0.2) is 4.39 Å². The predicted molar refractivity (Wildman–Crippen MR) is 93.8 cm³/mol. The van der Waals surface area contributed by atoms with Crippen molar-refractivity contribution in [1.82, 2.24) is 0 Å². The molecule has 3 rings (SSSR count). The van der Waals surface area contributed by atoms with Gasteiger partial charge in [-0.1, -0.05) is 25.1 Å². The van der Waals surface area contributed by atoms with Crippen molar-refractivity contribution < 1.29 is 14.0 Å². The first-order chi connectivity index (χ1) is 11.5. The van der Waals surface area contributed by atoms with Crippen molar-refractivity contribution in [1.29, 1.82) is 0 Å². The fourth-order valence-corrected chi connectivity index (χ4v) is 3.73. The monoisotopic (exact) mass is 344 g/mol. The number of para-hydroxylation sites is 1. The lowest BCUT2D eigenvalue weighted by molar-refractivity contribution is -0.121. The van der Waals surface area contributed by atoms with E-state index in [-0.39, 0.29) is 23.6 Å². The molecule has 1 aliphatic heterocycles. The van der Waals surface area contributed by atoms with Crippen molar-refractivity contribution in [2.24, 2.45) is 0 Å². The first-order valence-corrected chi connectivity index (χ1v) is 8.52. The maximum atomic E-state index is 13.2. The second-order valence-electron chi connectivity index (χ2n) is 5.64. The van der Waals surface area contributed by atoms with Gasteiger partial charge in [0.2, 0.25) is 11.8 Å². The number of thioether (sulfide) groups is 1. The molecule has 2 aromatic carbocycles. The van der Waals surface area contributed by atoms with Crippen LogP contribution in [0.2, 0.25) is 0 Å². The lowest BCUT2D eigenvalue weighted by atomic mass is 10.2. The number of anilines is 2. The van der Waals surface area contributed by atoms with E-state index in [9.17, 15) is 14.0 Å². The van der Waals surface area contributed by atoms with Crippen LogP contribution in [0.5, 0.6) is 0 Å². The third-order valence-electron chi connectivity index (χ3n) is 3.66. The maximum absolute atomic E-state index is 13.2. The third kappa shape index (κ3) is 3.76. The molecule has 0 spiro atoms. The summed E-state index contributed by atoms with van der Waals surface area (Å²) in [6, 6.07) is 13.2. The molecule has 1 aliphatic rings. The molecule has 0 radical (unpaired) electrons. The minimum absolute atomic E-state index is 0.0886. The molecule has 0 unspecified atom stereocenters. The number of amides is 2. The van der Waals surface area contributed by atoms with Crippen molar-refractivity contribution in [2.75, 3.05) is 16.8 Å². The van der Waals surface area contributed by atoms with Crippen molar-refractivity contribution in [2.45, 2.75) is 23.5 Å². The summed E-state index contributed by atoms with van der Waals surface area (Å²) >= 11 is 1.63. The van der Waals surface area contributed by atoms with Crippen LogP contribution >= 0.6 is 11.8 Å². The van der Waals surface area contributed by atoms with Crippen LogP contribution in [-0.2, 0) is 9.59 Å². The molecule has 2 amide bonds. The summed E-state index contributed by atoms with van der Waals surface area (Å²) in [6.45, 7) is 1.90. The molecule has 2 aromatic rings. The average Bonchev–Trinajstić information content (AvgIpc) is 2.64. The van der Waals surface area contributed by atoms with Crippen LogP contribution in [0.15, 0.2) is 53.4 Å². The number of carbonyl (C=O) groups excluding carboxylic acids is 2. The van der Waals surface area contributed by atoms with E-state index in [1.165, 1.54) is 23.1 Å². The smallest absolute Gasteiger partial charge is 0.244 e. The van der Waals surface area contributed by atoms with Gasteiger partial charge in [-0.05, 0) is 30.3 Å². The highest BCUT2D eigenvalue weighted by Crippen LogP contribution is 2.37. The zero-order valence-corrected chi connectivity index (χ0v) is 14.0. The second-order valence-corrected chi connectivity index (χ2v) is 7.12. The van der Waals surface area contributed by atoms with Gasteiger partial charge in [0.05, 0.1) is 5.69 Å². The Hall–Kier alpha value is -2.34. The van der Waals surface area contributed by atoms with Crippen molar-refractivity contribution in [3.63, 3.8) is 0 Å². The van der Waals surface area contributed by atoms with Crippen LogP contribution in [0.3, 0.4) is 0 Å². The Bertz CT molecular complexity index is 781. The predicted octanol–water partition coefficient (Wildman–Crippen LogP) is 3.68. The molecule has 1 atom stereocenters. The first kappa shape index (κ1) is 16.5. The molecule has 0 aliphatic carbocycles. The largest absolute Gasteiger partial charge is 0.324 e. The summed E-state index contributed by atoms with van der Waals surface area (Å²) in [7, 11) is 0. The molecular formula is C18H17FN2O2S. The van der Waals surface area contributed by atoms with Gasteiger partial charge in [-0.15, -0.1) is 11.8 Å². The van der Waals surface area contributed by atoms with Crippen LogP contribution in [0.25, 0.3) is 0 Å². The van der Waals surface area contributed by atoms with Crippen LogP contribution < -0.4 is 10.2 Å². The van der Waals surface area contributed by atoms with Crippen LogP contribution in [0, 0.1) is 5.82 Å². The molecule has 1 heterocycles. The Morgan fingerprint density at radius 1 is 1.29 bits per heavy atom. The van der Waals surface area contributed by atoms with E-state index < -0.39 is 5.82 Å². The SMILES string of the molecule is C[C@@H]1CC(=O)N(CC(=O)Nc2cccc(F)c2)c2ccccc2S1. The summed E-state index contributed by atoms with van der Waals surface area (Å²) < 4.78 is 13.2. The van der Waals surface area contributed by atoms with E-state index in [1.54, 1.807) is 17.8 Å². The highest BCUT2D eigenvalue weighted by Gasteiger charge is 2.27. The molecule has 0 saturated heterocycles. The zero-order chi connectivity index (χ0) is 17.1. The molecule has 124 valence electrons. The van der Waals surface area contributed by atoms with Gasteiger partial charge < -0.3 is 10.2 Å². The molecule has 24 heavy (non-hydrogen) atoms. The molecule has 0 saturated carbocycles. The molecule has 0 bridgehead atoms. The highest BCUT2D eigenvalue weighted by atomic mass is 32.2. The van der Waals surface area contributed by atoms with E-state index >= 15 is 0 Å². The Labute approximate surface area is 144 Å². The normalized spacial score (nSPS) is 17.2. The molecule has 0 aromatic heterocycles. The standard InChI is InChI=1S/C18H17FN2O2S/c1-12-9-18(23)21(15-7-2-3-8-16(15)24-12)11-17(22)20-14-6-4-5-13(19)10-14/h2-8,10,12H,9,11H2,1H3,(H,20,22)/t12-/m1/s1. The third-order valence-corrected chi connectivity index (χ3v) is 4.83. The quantitative estimate of drug-likeness (QED) is 0.924. The van der Waals surface area contributed by atoms with Gasteiger partial charge in [0.1, 0.15) is 12.4 Å². The topological polar surface area (TPSA) is 49.4 Å². The Kier molecular flexibility index (Phi) is 4.85. The Morgan fingerprint density at radius 3 is 2.88 bits per heavy atom. The molecule has 0 fully saturated rings. The maximum Gasteiger partial charge on any atom is 0.244 e. The summed E-state index contributed by atoms with van der Waals surface area (Å²) in [5.74, 6) is -0.869. The van der Waals surface area contributed by atoms with E-state index in [1.807, 2.05) is 31.2 Å². The van der Waals surface area contributed by atoms with E-state index in [0.717, 1.165) is 10.6 Å². The van der Waals surface area contributed by atoms with Crippen LogP contribution in [0.4, 0.5) is 15.8 Å². The van der Waals surface area contributed by atoms with E-state index in [4.69, 9.17) is 0 Å². The van der Waals surface area contributed by atoms with Gasteiger partial charge in [0, 0.05) is 22.3 Å². The number of hydrogen-bond donors (Lipinski definition) is 1. The zero-order valence-electron chi connectivity index (χ0n) is 13.2. The number of nitrogens with one attached hydrogen (secondary N) is 1. The lowest BCUT2D eigenvalue weighted by Crippen LogP contribution is -2.38. The van der Waals surface area contributed by atoms with Gasteiger partial charge in [0.25, 0.3) is 0 Å². The van der Waals surface area contributed by atoms with Crippen LogP contribution in [-0.4, -0.2) is 23.6 Å². The van der Waals surface area contributed by atoms with E-state index in [2.05, 4.69) is 5.32 Å². The number of rotatable bonds is 3. The number of nitrogens with zero attached hydrogens (tertiary/aromatic N) is 1. The number of halogens is 1. The van der Waals surface area contributed by atoms with Crippen molar-refractivity contribution in [3.05, 3.63) is 54.3 Å². The lowest BCUT2D eigenvalue weighted by Gasteiger charge is -2.22. The fraction of sp³-hybridized carbons (Fsp3) is 0.222. The number of benzene rings is 2. The van der Waals surface area contributed by atoms with E-state index in [0.29, 0.717) is 12.1 Å². The minimum atomic E-state index is -0.422. The Morgan fingerprint density at radius 2 is 2.08 bits per heavy atom. The molecule has 4 nitrogen and oxygen atoms in total. The minimum Gasteiger partial charge on any atom is -0.324 e. The number of carbonyl (C=O) groups is 2.